The van der Waals surface area contributed by atoms with E-state index in [9.17, 15) is 19.8 Å². The number of carbonyl (C=O) groups is 2. The third-order valence-corrected chi connectivity index (χ3v) is 10.1. The number of quaternary nitrogens is 2. The molecule has 15 heteroatoms. The molecular formula is C33H41N7O8+2. The minimum absolute atomic E-state index is 0.0502. The number of hydrogen-bond donors (Lipinski definition) is 7. The van der Waals surface area contributed by atoms with Crippen LogP contribution in [0, 0.1) is 11.3 Å². The average Bonchev–Trinajstić information content (AvgIpc) is 3.89. The minimum Gasteiger partial charge on any atom is -0.496 e. The lowest BCUT2D eigenvalue weighted by molar-refractivity contribution is -1.05. The van der Waals surface area contributed by atoms with Gasteiger partial charge in [-0.1, -0.05) is 12.8 Å². The van der Waals surface area contributed by atoms with Gasteiger partial charge in [0.05, 0.1) is 37.7 Å². The van der Waals surface area contributed by atoms with Gasteiger partial charge < -0.3 is 29.2 Å². The molecular weight excluding hydrogens is 622 g/mol. The molecule has 1 aromatic rings. The maximum Gasteiger partial charge on any atom is 0.374 e. The number of fused-ring (bicyclic) bond motifs is 3. The second-order valence-electron chi connectivity index (χ2n) is 12.9. The van der Waals surface area contributed by atoms with E-state index in [1.807, 2.05) is 25.4 Å². The molecule has 1 aliphatic carbocycles. The molecule has 254 valence electrons. The van der Waals surface area contributed by atoms with Gasteiger partial charge in [-0.15, -0.1) is 0 Å². The van der Waals surface area contributed by atoms with Gasteiger partial charge in [-0.3, -0.25) is 20.8 Å². The maximum atomic E-state index is 13.0. The quantitative estimate of drug-likeness (QED) is 0.157. The zero-order chi connectivity index (χ0) is 33.7. The average molecular weight is 664 g/mol. The summed E-state index contributed by atoms with van der Waals surface area (Å²) in [7, 11) is 1.56. The summed E-state index contributed by atoms with van der Waals surface area (Å²) in [5, 5.41) is 36.1. The van der Waals surface area contributed by atoms with Crippen molar-refractivity contribution < 1.29 is 48.5 Å². The normalized spacial score (nSPS) is 27.9. The summed E-state index contributed by atoms with van der Waals surface area (Å²) >= 11 is 0. The Kier molecular flexibility index (Phi) is 8.31. The molecule has 1 aromatic carbocycles. The number of esters is 1. The first-order valence-electron chi connectivity index (χ1n) is 16.4. The first kappa shape index (κ1) is 32.0. The van der Waals surface area contributed by atoms with Gasteiger partial charge in [-0.25, -0.2) is 14.7 Å². The summed E-state index contributed by atoms with van der Waals surface area (Å²) in [4.78, 5) is 35.8. The Morgan fingerprint density at radius 2 is 2.08 bits per heavy atom. The van der Waals surface area contributed by atoms with Crippen LogP contribution in [0.15, 0.2) is 40.3 Å². The Bertz CT molecular complexity index is 1720. The molecule has 0 saturated heterocycles. The molecule has 7 N–H and O–H groups in total. The van der Waals surface area contributed by atoms with Crippen molar-refractivity contribution in [3.63, 3.8) is 0 Å². The Balaban J connectivity index is 1.26. The number of aliphatic hydroxyl groups excluding tert-OH is 1. The number of carbonyl (C=O) groups excluding carboxylic acids is 2. The lowest BCUT2D eigenvalue weighted by atomic mass is 9.81. The van der Waals surface area contributed by atoms with Crippen molar-refractivity contribution in [3.8, 4) is 17.2 Å². The molecule has 5 atom stereocenters. The van der Waals surface area contributed by atoms with Gasteiger partial charge in [0.2, 0.25) is 17.4 Å². The van der Waals surface area contributed by atoms with E-state index < -0.39 is 30.2 Å². The molecule has 0 bridgehead atoms. The van der Waals surface area contributed by atoms with Crippen LogP contribution in [0.4, 0.5) is 0 Å². The second-order valence-corrected chi connectivity index (χ2v) is 12.9. The lowest BCUT2D eigenvalue weighted by Gasteiger charge is -2.35. The van der Waals surface area contributed by atoms with Gasteiger partial charge in [0, 0.05) is 12.0 Å². The van der Waals surface area contributed by atoms with Crippen LogP contribution in [0.1, 0.15) is 56.2 Å². The van der Waals surface area contributed by atoms with Crippen LogP contribution in [0.5, 0.6) is 17.2 Å². The molecule has 6 aliphatic rings. The predicted molar refractivity (Wildman–Crippen MR) is 171 cm³/mol. The van der Waals surface area contributed by atoms with Crippen LogP contribution in [0.25, 0.3) is 5.57 Å². The van der Waals surface area contributed by atoms with Gasteiger partial charge in [-0.2, -0.15) is 9.89 Å². The number of hydrogen-bond acceptors (Lipinski definition) is 11. The van der Waals surface area contributed by atoms with Gasteiger partial charge in [0.1, 0.15) is 41.7 Å². The summed E-state index contributed by atoms with van der Waals surface area (Å²) in [6.07, 6.45) is 10.8. The zero-order valence-electron chi connectivity index (χ0n) is 27.1. The van der Waals surface area contributed by atoms with Crippen LogP contribution >= 0.6 is 0 Å². The van der Waals surface area contributed by atoms with Gasteiger partial charge in [0.15, 0.2) is 6.67 Å². The lowest BCUT2D eigenvalue weighted by Crippen LogP contribution is -3.36. The number of aliphatic hydroxyl groups is 2. The van der Waals surface area contributed by atoms with E-state index in [0.717, 1.165) is 41.0 Å². The number of allylic oxidation sites excluding steroid dienone is 2. The Morgan fingerprint density at radius 3 is 2.81 bits per heavy atom. The Hall–Kier alpha value is -4.57. The van der Waals surface area contributed by atoms with E-state index in [0.29, 0.717) is 47.0 Å². The second kappa shape index (κ2) is 12.5. The van der Waals surface area contributed by atoms with E-state index >= 15 is 0 Å². The minimum atomic E-state index is -1.10. The summed E-state index contributed by atoms with van der Waals surface area (Å²) in [5.74, 6) is 0.236. The van der Waals surface area contributed by atoms with Crippen LogP contribution in [0.2, 0.25) is 0 Å². The number of nitrogens with one attached hydrogen (secondary N) is 5. The molecule has 0 radical (unpaired) electrons. The maximum absolute atomic E-state index is 13.0. The van der Waals surface area contributed by atoms with Crippen molar-refractivity contribution in [2.75, 3.05) is 26.9 Å². The first-order chi connectivity index (χ1) is 23.2. The highest BCUT2D eigenvalue weighted by Gasteiger charge is 2.49. The number of benzene rings is 1. The van der Waals surface area contributed by atoms with E-state index in [1.54, 1.807) is 20.1 Å². The highest BCUT2D eigenvalue weighted by molar-refractivity contribution is 6.68. The van der Waals surface area contributed by atoms with Crippen LogP contribution in [0.3, 0.4) is 0 Å². The number of guanidine groups is 1. The summed E-state index contributed by atoms with van der Waals surface area (Å²) in [6, 6.07) is 0. The van der Waals surface area contributed by atoms with E-state index in [1.165, 1.54) is 0 Å². The fourth-order valence-corrected chi connectivity index (χ4v) is 7.65. The standard InChI is InChI=1S/C33H39N7O8/c1-4-46-30(43)21-13-17(9-11-39-12-10-35-32(39)40-16-36-24-28(40)37-31(34)38-29(24)42)23-26(45-3)19-14-22(33(2,44)18-7-5-6-8-18)48-25(19)20(15-41)27(23)47-21/h9-10,12-13,18,22,32,35,41,44H,4-8,11,14-16H2,1-3H3,(H2,34,38,42)/p+2. The number of aliphatic imine (C=N–C) groups is 2. The van der Waals surface area contributed by atoms with Crippen LogP contribution in [-0.4, -0.2) is 84.5 Å². The SMILES string of the molecule is CCOC(=O)C1=CC(=CC[NH+]2C=CNC2[NH+]2CN=C3C(=O)NC(=N)N=C32)c2c(OC)c3c(c(CO)c2O1)OC(C(C)(O)C1CCCC1)C3. The third-order valence-electron chi connectivity index (χ3n) is 10.1. The number of nitrogens with zero attached hydrogens (tertiary/aromatic N) is 2. The number of ether oxygens (including phenoxy) is 4. The molecule has 1 fully saturated rings. The summed E-state index contributed by atoms with van der Waals surface area (Å²) in [5.41, 5.74) is 1.39. The van der Waals surface area contributed by atoms with Crippen molar-refractivity contribution in [1.82, 2.24) is 10.6 Å². The number of amidine groups is 1. The molecule has 5 heterocycles. The third kappa shape index (κ3) is 5.26. The van der Waals surface area contributed by atoms with Gasteiger partial charge in [0.25, 0.3) is 11.7 Å². The molecule has 5 aliphatic heterocycles. The molecule has 5 unspecified atom stereocenters. The molecule has 48 heavy (non-hydrogen) atoms. The largest absolute Gasteiger partial charge is 0.496 e. The monoisotopic (exact) mass is 663 g/mol. The van der Waals surface area contributed by atoms with E-state index in [4.69, 9.17) is 24.4 Å². The van der Waals surface area contributed by atoms with Gasteiger partial charge in [-0.05, 0) is 50.3 Å². The summed E-state index contributed by atoms with van der Waals surface area (Å²) < 4.78 is 24.0. The molecule has 1 saturated carbocycles. The molecule has 7 rings (SSSR count). The van der Waals surface area contributed by atoms with Crippen molar-refractivity contribution in [2.24, 2.45) is 15.9 Å². The summed E-state index contributed by atoms with van der Waals surface area (Å²) in [6.45, 7) is 3.92. The van der Waals surface area contributed by atoms with Crippen molar-refractivity contribution >= 4 is 35.0 Å². The molecule has 1 amide bonds. The van der Waals surface area contributed by atoms with Gasteiger partial charge >= 0.3 is 12.3 Å². The predicted octanol–water partition coefficient (Wildman–Crippen LogP) is -1.34. The Labute approximate surface area is 277 Å². The van der Waals surface area contributed by atoms with E-state index in [2.05, 4.69) is 20.6 Å². The first-order valence-corrected chi connectivity index (χ1v) is 16.4. The van der Waals surface area contributed by atoms with Crippen LogP contribution < -0.4 is 34.6 Å². The number of rotatable bonds is 9. The number of methoxy groups -OCH3 is 1. The highest BCUT2D eigenvalue weighted by Crippen LogP contribution is 2.54. The highest BCUT2D eigenvalue weighted by atomic mass is 16.6. The van der Waals surface area contributed by atoms with Crippen LogP contribution in [-0.2, 0) is 27.4 Å². The van der Waals surface area contributed by atoms with E-state index in [-0.39, 0.29) is 48.7 Å². The van der Waals surface area contributed by atoms with Crippen molar-refractivity contribution in [1.29, 1.82) is 5.41 Å². The zero-order valence-corrected chi connectivity index (χ0v) is 27.1. The van der Waals surface area contributed by atoms with Crippen molar-refractivity contribution in [3.05, 3.63) is 47.0 Å². The number of amides is 1. The fraction of sp³-hybridized carbons (Fsp3) is 0.485. The Morgan fingerprint density at radius 1 is 1.29 bits per heavy atom. The molecule has 0 aromatic heterocycles. The molecule has 0 spiro atoms. The smallest absolute Gasteiger partial charge is 0.374 e. The fourth-order valence-electron chi connectivity index (χ4n) is 7.65. The molecule has 15 nitrogen and oxygen atoms in total. The topological polar surface area (TPSA) is 193 Å². The van der Waals surface area contributed by atoms with Crippen molar-refractivity contribution in [2.45, 2.75) is 70.6 Å².